The summed E-state index contributed by atoms with van der Waals surface area (Å²) in [5.74, 6) is 0. The Balaban J connectivity index is 1.74. The molecule has 0 atom stereocenters. The fourth-order valence-corrected chi connectivity index (χ4v) is 3.89. The van der Waals surface area contributed by atoms with Crippen LogP contribution in [0.25, 0.3) is 0 Å². The molecule has 13 heavy (non-hydrogen) atoms. The SMILES string of the molecule is CN1CC=C(C23CC(C)(C2)C3)CC1. The van der Waals surface area contributed by atoms with E-state index in [1.165, 1.54) is 38.8 Å². The Hall–Kier alpha value is -0.300. The first-order valence-corrected chi connectivity index (χ1v) is 5.50. The summed E-state index contributed by atoms with van der Waals surface area (Å²) >= 11 is 0. The number of nitrogens with zero attached hydrogens (tertiary/aromatic N) is 1. The highest BCUT2D eigenvalue weighted by atomic mass is 15.1. The number of rotatable bonds is 1. The predicted molar refractivity (Wildman–Crippen MR) is 54.6 cm³/mol. The highest BCUT2D eigenvalue weighted by Crippen LogP contribution is 2.76. The third-order valence-electron chi connectivity index (χ3n) is 4.39. The van der Waals surface area contributed by atoms with Gasteiger partial charge in [-0.2, -0.15) is 0 Å². The van der Waals surface area contributed by atoms with E-state index in [1.54, 1.807) is 5.57 Å². The maximum atomic E-state index is 2.50. The summed E-state index contributed by atoms with van der Waals surface area (Å²) in [6.07, 6.45) is 8.33. The zero-order valence-electron chi connectivity index (χ0n) is 8.77. The molecule has 0 amide bonds. The first-order valence-electron chi connectivity index (χ1n) is 5.50. The van der Waals surface area contributed by atoms with Crippen molar-refractivity contribution in [2.75, 3.05) is 20.1 Å². The topological polar surface area (TPSA) is 3.24 Å². The molecule has 0 unspecified atom stereocenters. The van der Waals surface area contributed by atoms with E-state index in [9.17, 15) is 0 Å². The van der Waals surface area contributed by atoms with E-state index in [2.05, 4.69) is 24.9 Å². The van der Waals surface area contributed by atoms with E-state index < -0.39 is 0 Å². The van der Waals surface area contributed by atoms with E-state index in [0.717, 1.165) is 10.8 Å². The summed E-state index contributed by atoms with van der Waals surface area (Å²) in [4.78, 5) is 2.41. The lowest BCUT2D eigenvalue weighted by Crippen LogP contribution is -2.61. The highest BCUT2D eigenvalue weighted by Gasteiger charge is 2.65. The minimum atomic E-state index is 0.718. The van der Waals surface area contributed by atoms with Crippen molar-refractivity contribution in [1.82, 2.24) is 4.90 Å². The van der Waals surface area contributed by atoms with Crippen LogP contribution in [0, 0.1) is 10.8 Å². The molecule has 4 rings (SSSR count). The third-order valence-corrected chi connectivity index (χ3v) is 4.39. The van der Waals surface area contributed by atoms with Crippen LogP contribution in [-0.2, 0) is 0 Å². The third kappa shape index (κ3) is 0.969. The monoisotopic (exact) mass is 177 g/mol. The predicted octanol–water partition coefficient (Wildman–Crippen LogP) is 2.44. The van der Waals surface area contributed by atoms with Gasteiger partial charge >= 0.3 is 0 Å². The van der Waals surface area contributed by atoms with Crippen molar-refractivity contribution in [3.8, 4) is 0 Å². The van der Waals surface area contributed by atoms with Gasteiger partial charge in [-0.25, -0.2) is 0 Å². The van der Waals surface area contributed by atoms with Gasteiger partial charge in [-0.05, 0) is 43.6 Å². The summed E-state index contributed by atoms with van der Waals surface area (Å²) in [6, 6.07) is 0. The van der Waals surface area contributed by atoms with Gasteiger partial charge in [0.25, 0.3) is 0 Å². The van der Waals surface area contributed by atoms with Gasteiger partial charge < -0.3 is 4.90 Å². The van der Waals surface area contributed by atoms with Crippen molar-refractivity contribution in [1.29, 1.82) is 0 Å². The Bertz CT molecular complexity index is 257. The molecule has 1 heterocycles. The molecule has 72 valence electrons. The van der Waals surface area contributed by atoms with Crippen LogP contribution in [0.3, 0.4) is 0 Å². The molecular formula is C12H19N. The summed E-state index contributed by atoms with van der Waals surface area (Å²) in [6.45, 7) is 4.92. The molecule has 1 heteroatoms. The normalized spacial score (nSPS) is 49.2. The van der Waals surface area contributed by atoms with Crippen molar-refractivity contribution in [2.24, 2.45) is 10.8 Å². The van der Waals surface area contributed by atoms with E-state index in [-0.39, 0.29) is 0 Å². The van der Waals surface area contributed by atoms with Crippen LogP contribution in [0.2, 0.25) is 0 Å². The highest BCUT2D eigenvalue weighted by molar-refractivity contribution is 5.32. The minimum absolute atomic E-state index is 0.718. The molecular weight excluding hydrogens is 158 g/mol. The average molecular weight is 177 g/mol. The van der Waals surface area contributed by atoms with E-state index >= 15 is 0 Å². The Morgan fingerprint density at radius 2 is 2.00 bits per heavy atom. The molecule has 0 radical (unpaired) electrons. The Morgan fingerprint density at radius 1 is 1.31 bits per heavy atom. The largest absolute Gasteiger partial charge is 0.302 e. The van der Waals surface area contributed by atoms with Crippen molar-refractivity contribution >= 4 is 0 Å². The van der Waals surface area contributed by atoms with Gasteiger partial charge in [-0.1, -0.05) is 18.6 Å². The zero-order chi connectivity index (χ0) is 9.10. The van der Waals surface area contributed by atoms with Crippen molar-refractivity contribution in [2.45, 2.75) is 32.6 Å². The molecule has 1 aliphatic heterocycles. The Morgan fingerprint density at radius 3 is 2.46 bits per heavy atom. The first-order chi connectivity index (χ1) is 6.12. The van der Waals surface area contributed by atoms with Gasteiger partial charge in [0.15, 0.2) is 0 Å². The standard InChI is InChI=1S/C12H19N/c1-11-7-12(8-11,9-11)10-3-5-13(2)6-4-10/h3H,4-9H2,1-2H3. The van der Waals surface area contributed by atoms with Crippen LogP contribution in [0.4, 0.5) is 0 Å². The summed E-state index contributed by atoms with van der Waals surface area (Å²) in [7, 11) is 2.22. The Labute approximate surface area is 80.8 Å². The molecule has 0 spiro atoms. The lowest BCUT2D eigenvalue weighted by molar-refractivity contribution is -0.165. The van der Waals surface area contributed by atoms with Gasteiger partial charge in [0.2, 0.25) is 0 Å². The first kappa shape index (κ1) is 8.05. The molecule has 0 aromatic carbocycles. The molecule has 0 aromatic heterocycles. The minimum Gasteiger partial charge on any atom is -0.302 e. The lowest BCUT2D eigenvalue weighted by Gasteiger charge is -2.71. The second-order valence-corrected chi connectivity index (χ2v) is 5.86. The van der Waals surface area contributed by atoms with Crippen molar-refractivity contribution in [3.05, 3.63) is 11.6 Å². The molecule has 4 aliphatic rings. The molecule has 3 saturated carbocycles. The second-order valence-electron chi connectivity index (χ2n) is 5.86. The zero-order valence-corrected chi connectivity index (χ0v) is 8.77. The smallest absolute Gasteiger partial charge is 0.0163 e. The lowest BCUT2D eigenvalue weighted by atomic mass is 9.33. The molecule has 3 fully saturated rings. The van der Waals surface area contributed by atoms with Crippen LogP contribution in [0.5, 0.6) is 0 Å². The maximum Gasteiger partial charge on any atom is 0.0163 e. The van der Waals surface area contributed by atoms with Crippen LogP contribution in [-0.4, -0.2) is 25.0 Å². The van der Waals surface area contributed by atoms with Gasteiger partial charge in [-0.3, -0.25) is 0 Å². The summed E-state index contributed by atoms with van der Waals surface area (Å²) in [5.41, 5.74) is 3.29. The molecule has 1 nitrogen and oxygen atoms in total. The van der Waals surface area contributed by atoms with Gasteiger partial charge in [0, 0.05) is 13.1 Å². The number of likely N-dealkylation sites (N-methyl/N-ethyl adjacent to an activating group) is 1. The molecule has 0 aromatic rings. The second kappa shape index (κ2) is 2.20. The van der Waals surface area contributed by atoms with E-state index in [0.29, 0.717) is 0 Å². The number of hydrogen-bond acceptors (Lipinski definition) is 1. The molecule has 3 aliphatic carbocycles. The van der Waals surface area contributed by atoms with Gasteiger partial charge in [0.05, 0.1) is 0 Å². The van der Waals surface area contributed by atoms with E-state index in [4.69, 9.17) is 0 Å². The van der Waals surface area contributed by atoms with Crippen LogP contribution in [0.1, 0.15) is 32.6 Å². The van der Waals surface area contributed by atoms with Crippen LogP contribution >= 0.6 is 0 Å². The molecule has 0 saturated heterocycles. The summed E-state index contributed by atoms with van der Waals surface area (Å²) in [5, 5.41) is 0. The van der Waals surface area contributed by atoms with Crippen LogP contribution < -0.4 is 0 Å². The average Bonchev–Trinajstić information content (AvgIpc) is 1.99. The summed E-state index contributed by atoms with van der Waals surface area (Å²) < 4.78 is 0. The fraction of sp³-hybridized carbons (Fsp3) is 0.833. The quantitative estimate of drug-likeness (QED) is 0.556. The fourth-order valence-electron chi connectivity index (χ4n) is 3.89. The van der Waals surface area contributed by atoms with Crippen molar-refractivity contribution in [3.63, 3.8) is 0 Å². The van der Waals surface area contributed by atoms with Gasteiger partial charge in [-0.15, -0.1) is 0 Å². The van der Waals surface area contributed by atoms with Crippen molar-refractivity contribution < 1.29 is 0 Å². The van der Waals surface area contributed by atoms with Gasteiger partial charge in [0.1, 0.15) is 0 Å². The molecule has 0 N–H and O–H groups in total. The Kier molecular flexibility index (Phi) is 1.36. The van der Waals surface area contributed by atoms with E-state index in [1.807, 2.05) is 0 Å². The maximum absolute atomic E-state index is 2.50. The number of hydrogen-bond donors (Lipinski definition) is 0. The molecule has 2 bridgehead atoms. The van der Waals surface area contributed by atoms with Crippen LogP contribution in [0.15, 0.2) is 11.6 Å².